The largest absolute Gasteiger partial charge is 0.395 e. The molecule has 0 saturated carbocycles. The highest BCUT2D eigenvalue weighted by molar-refractivity contribution is 6.31. The Labute approximate surface area is 84.4 Å². The Kier molecular flexibility index (Phi) is 2.99. The average molecular weight is 199 g/mol. The SMILES string of the molecule is Cc1c(Cl)cccc1C(C)(C)CO. The molecule has 1 nitrogen and oxygen atoms in total. The normalized spacial score (nSPS) is 11.8. The number of aliphatic hydroxyl groups excluding tert-OH is 1. The maximum absolute atomic E-state index is 9.22. The van der Waals surface area contributed by atoms with E-state index < -0.39 is 0 Å². The molecule has 0 saturated heterocycles. The van der Waals surface area contributed by atoms with Crippen LogP contribution < -0.4 is 0 Å². The summed E-state index contributed by atoms with van der Waals surface area (Å²) in [4.78, 5) is 0. The molecule has 0 aliphatic heterocycles. The van der Waals surface area contributed by atoms with Crippen LogP contribution in [0, 0.1) is 6.92 Å². The maximum atomic E-state index is 9.22. The molecule has 0 fully saturated rings. The zero-order valence-corrected chi connectivity index (χ0v) is 9.02. The number of benzene rings is 1. The Morgan fingerprint density at radius 2 is 2.00 bits per heavy atom. The average Bonchev–Trinajstić information content (AvgIpc) is 2.09. The van der Waals surface area contributed by atoms with Crippen LogP contribution in [0.15, 0.2) is 18.2 Å². The molecule has 2 heteroatoms. The quantitative estimate of drug-likeness (QED) is 0.775. The zero-order valence-electron chi connectivity index (χ0n) is 8.26. The van der Waals surface area contributed by atoms with Crippen LogP contribution in [-0.2, 0) is 5.41 Å². The van der Waals surface area contributed by atoms with Crippen LogP contribution in [0.3, 0.4) is 0 Å². The second-order valence-corrected chi connectivity index (χ2v) is 4.36. The van der Waals surface area contributed by atoms with E-state index >= 15 is 0 Å². The summed E-state index contributed by atoms with van der Waals surface area (Å²) < 4.78 is 0. The first kappa shape index (κ1) is 10.6. The van der Waals surface area contributed by atoms with Gasteiger partial charge in [0.1, 0.15) is 0 Å². The lowest BCUT2D eigenvalue weighted by atomic mass is 9.83. The second-order valence-electron chi connectivity index (χ2n) is 3.95. The Morgan fingerprint density at radius 1 is 1.38 bits per heavy atom. The topological polar surface area (TPSA) is 20.2 Å². The third-order valence-electron chi connectivity index (χ3n) is 2.39. The molecule has 0 atom stereocenters. The van der Waals surface area contributed by atoms with E-state index in [-0.39, 0.29) is 12.0 Å². The lowest BCUT2D eigenvalue weighted by molar-refractivity contribution is 0.218. The first-order valence-corrected chi connectivity index (χ1v) is 4.73. The van der Waals surface area contributed by atoms with E-state index in [2.05, 4.69) is 0 Å². The van der Waals surface area contributed by atoms with Crippen LogP contribution >= 0.6 is 11.6 Å². The van der Waals surface area contributed by atoms with Crippen LogP contribution in [0.5, 0.6) is 0 Å². The number of hydrogen-bond donors (Lipinski definition) is 1. The van der Waals surface area contributed by atoms with Crippen molar-refractivity contribution in [3.63, 3.8) is 0 Å². The fraction of sp³-hybridized carbons (Fsp3) is 0.455. The van der Waals surface area contributed by atoms with Crippen LogP contribution in [0.2, 0.25) is 5.02 Å². The van der Waals surface area contributed by atoms with Crippen molar-refractivity contribution in [3.05, 3.63) is 34.3 Å². The van der Waals surface area contributed by atoms with Crippen molar-refractivity contribution < 1.29 is 5.11 Å². The second kappa shape index (κ2) is 3.69. The molecule has 0 radical (unpaired) electrons. The van der Waals surface area contributed by atoms with Crippen LogP contribution in [0.4, 0.5) is 0 Å². The molecule has 13 heavy (non-hydrogen) atoms. The molecule has 1 rings (SSSR count). The Bertz CT molecular complexity index is 305. The lowest BCUT2D eigenvalue weighted by Gasteiger charge is -2.24. The van der Waals surface area contributed by atoms with Crippen molar-refractivity contribution >= 4 is 11.6 Å². The van der Waals surface area contributed by atoms with Gasteiger partial charge in [-0.15, -0.1) is 0 Å². The summed E-state index contributed by atoms with van der Waals surface area (Å²) in [6, 6.07) is 5.80. The summed E-state index contributed by atoms with van der Waals surface area (Å²) in [7, 11) is 0. The van der Waals surface area contributed by atoms with Crippen molar-refractivity contribution in [1.82, 2.24) is 0 Å². The van der Waals surface area contributed by atoms with E-state index in [1.54, 1.807) is 0 Å². The maximum Gasteiger partial charge on any atom is 0.0522 e. The Hall–Kier alpha value is -0.530. The molecule has 72 valence electrons. The number of halogens is 1. The summed E-state index contributed by atoms with van der Waals surface area (Å²) in [6.07, 6.45) is 0. The first-order valence-electron chi connectivity index (χ1n) is 4.35. The van der Waals surface area contributed by atoms with E-state index in [9.17, 15) is 5.11 Å². The van der Waals surface area contributed by atoms with Gasteiger partial charge in [-0.05, 0) is 24.1 Å². The number of rotatable bonds is 2. The van der Waals surface area contributed by atoms with E-state index in [0.29, 0.717) is 0 Å². The van der Waals surface area contributed by atoms with Crippen molar-refractivity contribution in [2.75, 3.05) is 6.61 Å². The van der Waals surface area contributed by atoms with E-state index in [1.807, 2.05) is 39.0 Å². The molecule has 0 unspecified atom stereocenters. The van der Waals surface area contributed by atoms with Gasteiger partial charge in [0.2, 0.25) is 0 Å². The van der Waals surface area contributed by atoms with Gasteiger partial charge in [-0.25, -0.2) is 0 Å². The summed E-state index contributed by atoms with van der Waals surface area (Å²) in [5, 5.41) is 9.98. The molecule has 0 heterocycles. The van der Waals surface area contributed by atoms with Gasteiger partial charge < -0.3 is 5.11 Å². The first-order chi connectivity index (χ1) is 5.99. The van der Waals surface area contributed by atoms with Crippen LogP contribution in [0.25, 0.3) is 0 Å². The molecule has 1 N–H and O–H groups in total. The summed E-state index contributed by atoms with van der Waals surface area (Å²) in [5.74, 6) is 0. The molecule has 1 aromatic carbocycles. The van der Waals surface area contributed by atoms with Gasteiger partial charge in [0.15, 0.2) is 0 Å². The van der Waals surface area contributed by atoms with Gasteiger partial charge in [0.05, 0.1) is 6.61 Å². The molecule has 1 aromatic rings. The van der Waals surface area contributed by atoms with Gasteiger partial charge in [-0.2, -0.15) is 0 Å². The Balaban J connectivity index is 3.22. The monoisotopic (exact) mass is 198 g/mol. The third kappa shape index (κ3) is 2.04. The minimum Gasteiger partial charge on any atom is -0.395 e. The molecule has 0 amide bonds. The predicted octanol–water partition coefficient (Wildman–Crippen LogP) is 2.92. The summed E-state index contributed by atoms with van der Waals surface area (Å²) in [5.41, 5.74) is 1.96. The van der Waals surface area contributed by atoms with Crippen LogP contribution in [-0.4, -0.2) is 11.7 Å². The molecule has 0 aliphatic carbocycles. The van der Waals surface area contributed by atoms with Gasteiger partial charge in [0.25, 0.3) is 0 Å². The van der Waals surface area contributed by atoms with E-state index in [0.717, 1.165) is 16.1 Å². The van der Waals surface area contributed by atoms with Gasteiger partial charge in [-0.3, -0.25) is 0 Å². The highest BCUT2D eigenvalue weighted by Crippen LogP contribution is 2.29. The standard InChI is InChI=1S/C11H15ClO/c1-8-9(11(2,3)7-13)5-4-6-10(8)12/h4-6,13H,7H2,1-3H3. The lowest BCUT2D eigenvalue weighted by Crippen LogP contribution is -2.23. The van der Waals surface area contributed by atoms with Gasteiger partial charge in [0, 0.05) is 10.4 Å². The molecule has 0 bridgehead atoms. The smallest absolute Gasteiger partial charge is 0.0522 e. The molecule has 0 aromatic heterocycles. The van der Waals surface area contributed by atoms with Crippen LogP contribution in [0.1, 0.15) is 25.0 Å². The number of hydrogen-bond acceptors (Lipinski definition) is 1. The highest BCUT2D eigenvalue weighted by Gasteiger charge is 2.21. The molecule has 0 aliphatic rings. The highest BCUT2D eigenvalue weighted by atomic mass is 35.5. The predicted molar refractivity (Wildman–Crippen MR) is 56.3 cm³/mol. The zero-order chi connectivity index (χ0) is 10.1. The van der Waals surface area contributed by atoms with Crippen molar-refractivity contribution in [2.24, 2.45) is 0 Å². The summed E-state index contributed by atoms with van der Waals surface area (Å²) >= 11 is 6.00. The van der Waals surface area contributed by atoms with Gasteiger partial charge >= 0.3 is 0 Å². The van der Waals surface area contributed by atoms with E-state index in [1.165, 1.54) is 0 Å². The Morgan fingerprint density at radius 3 is 2.54 bits per heavy atom. The van der Waals surface area contributed by atoms with Crippen molar-refractivity contribution in [3.8, 4) is 0 Å². The fourth-order valence-corrected chi connectivity index (χ4v) is 1.60. The van der Waals surface area contributed by atoms with Crippen molar-refractivity contribution in [1.29, 1.82) is 0 Å². The van der Waals surface area contributed by atoms with E-state index in [4.69, 9.17) is 11.6 Å². The third-order valence-corrected chi connectivity index (χ3v) is 2.80. The molecular weight excluding hydrogens is 184 g/mol. The molecule has 0 spiro atoms. The minimum atomic E-state index is -0.213. The number of aliphatic hydroxyl groups is 1. The summed E-state index contributed by atoms with van der Waals surface area (Å²) in [6.45, 7) is 6.13. The van der Waals surface area contributed by atoms with Gasteiger partial charge in [-0.1, -0.05) is 37.6 Å². The fourth-order valence-electron chi connectivity index (χ4n) is 1.43. The minimum absolute atomic E-state index is 0.133. The van der Waals surface area contributed by atoms with Crippen molar-refractivity contribution in [2.45, 2.75) is 26.2 Å². The molecular formula is C11H15ClO.